The molecule has 0 bridgehead atoms. The molecule has 2 aliphatic heterocycles. The minimum atomic E-state index is -0.529. The quantitative estimate of drug-likeness (QED) is 0.119. The Bertz CT molecular complexity index is 1570. The second-order valence-corrected chi connectivity index (χ2v) is 10.1. The number of ether oxygens (including phenoxy) is 2. The predicted octanol–water partition coefficient (Wildman–Crippen LogP) is 2.05. The van der Waals surface area contributed by atoms with Gasteiger partial charge in [0, 0.05) is 55.2 Å². The van der Waals surface area contributed by atoms with Crippen molar-refractivity contribution in [1.29, 1.82) is 0 Å². The van der Waals surface area contributed by atoms with E-state index in [-0.39, 0.29) is 75.0 Å². The highest BCUT2D eigenvalue weighted by atomic mass is 16.5. The summed E-state index contributed by atoms with van der Waals surface area (Å²) in [5, 5.41) is 20.3. The van der Waals surface area contributed by atoms with E-state index in [4.69, 9.17) is 31.2 Å². The molecular weight excluding hydrogens is 568 g/mol. The predicted molar refractivity (Wildman–Crippen MR) is 163 cm³/mol. The van der Waals surface area contributed by atoms with E-state index >= 15 is 0 Å². The molecule has 2 heterocycles. The molecule has 12 nitrogen and oxygen atoms in total. The smallest absolute Gasteiger partial charge is 0.261 e. The molecule has 0 aliphatic carbocycles. The molecule has 0 aromatic heterocycles. The second-order valence-electron chi connectivity index (χ2n) is 10.1. The van der Waals surface area contributed by atoms with Gasteiger partial charge >= 0.3 is 0 Å². The molecule has 0 unspecified atom stereocenters. The van der Waals surface area contributed by atoms with Crippen LogP contribution in [0.15, 0.2) is 60.7 Å². The second kappa shape index (κ2) is 13.2. The summed E-state index contributed by atoms with van der Waals surface area (Å²) in [7, 11) is 0. The normalized spacial score (nSPS) is 14.0. The Hall–Kier alpha value is -4.88. The maximum Gasteiger partial charge on any atom is 0.261 e. The van der Waals surface area contributed by atoms with E-state index in [1.54, 1.807) is 0 Å². The minimum absolute atomic E-state index is 0.0155. The summed E-state index contributed by atoms with van der Waals surface area (Å²) in [6.45, 7) is 0.0588. The lowest BCUT2D eigenvalue weighted by atomic mass is 9.86. The molecule has 0 spiro atoms. The van der Waals surface area contributed by atoms with Gasteiger partial charge in [-0.3, -0.25) is 29.0 Å². The highest BCUT2D eigenvalue weighted by molar-refractivity contribution is 6.33. The lowest BCUT2D eigenvalue weighted by Gasteiger charge is -2.31. The largest absolute Gasteiger partial charge is 0.398 e. The van der Waals surface area contributed by atoms with Crippen molar-refractivity contribution in [2.24, 2.45) is 0 Å². The maximum atomic E-state index is 13.0. The third-order valence-corrected chi connectivity index (χ3v) is 7.44. The highest BCUT2D eigenvalue weighted by Crippen LogP contribution is 2.37. The Balaban J connectivity index is 0.000000266. The molecule has 44 heavy (non-hydrogen) atoms. The lowest BCUT2D eigenvalue weighted by Crippen LogP contribution is -2.45. The number of imide groups is 2. The van der Waals surface area contributed by atoms with E-state index in [9.17, 15) is 19.2 Å². The number of fused-ring (bicyclic) bond motifs is 1. The summed E-state index contributed by atoms with van der Waals surface area (Å²) >= 11 is 0. The molecule has 4 amide bonds. The fourth-order valence-corrected chi connectivity index (χ4v) is 5.38. The Morgan fingerprint density at radius 2 is 0.864 bits per heavy atom. The fraction of sp³-hybridized carbons (Fsp3) is 0.250. The molecule has 2 aliphatic rings. The zero-order valence-corrected chi connectivity index (χ0v) is 23.8. The van der Waals surface area contributed by atoms with Crippen molar-refractivity contribution in [3.63, 3.8) is 0 Å². The van der Waals surface area contributed by atoms with Gasteiger partial charge in [0.2, 0.25) is 0 Å². The van der Waals surface area contributed by atoms with E-state index in [0.717, 1.165) is 31.9 Å². The standard InChI is InChI=1S/C22H22N2O8.C10H10N2/c25-7-11-31-9-5-23-19(27)13-1-2-14-18-16(4-3-15(17(13)18)21(23)29)22(30)24(20(14)28)6-10-32-12-8-26;11-9-5-1-3-7-8(9)4-2-6-10(7)12/h1-4,25-26H,5-12H2;1-6H,11-12H2. The number of carbonyl (C=O) groups is 4. The van der Waals surface area contributed by atoms with Gasteiger partial charge in [0.1, 0.15) is 0 Å². The van der Waals surface area contributed by atoms with Crippen LogP contribution in [0.3, 0.4) is 0 Å². The summed E-state index contributed by atoms with van der Waals surface area (Å²) in [5.74, 6) is -2.12. The first-order valence-corrected chi connectivity index (χ1v) is 14.0. The average Bonchev–Trinajstić information content (AvgIpc) is 3.03. The Labute approximate surface area is 252 Å². The van der Waals surface area contributed by atoms with Crippen molar-refractivity contribution in [3.8, 4) is 0 Å². The van der Waals surface area contributed by atoms with Gasteiger partial charge in [-0.25, -0.2) is 0 Å². The third kappa shape index (κ3) is 5.58. The zero-order valence-electron chi connectivity index (χ0n) is 23.8. The van der Waals surface area contributed by atoms with Crippen LogP contribution >= 0.6 is 0 Å². The lowest BCUT2D eigenvalue weighted by molar-refractivity contribution is 0.0462. The monoisotopic (exact) mass is 600 g/mol. The number of aliphatic hydroxyl groups excluding tert-OH is 2. The van der Waals surface area contributed by atoms with E-state index < -0.39 is 23.6 Å². The van der Waals surface area contributed by atoms with Crippen molar-refractivity contribution in [1.82, 2.24) is 9.80 Å². The molecule has 6 N–H and O–H groups in total. The van der Waals surface area contributed by atoms with Gasteiger partial charge in [-0.1, -0.05) is 24.3 Å². The van der Waals surface area contributed by atoms with E-state index in [1.807, 2.05) is 36.4 Å². The first kappa shape index (κ1) is 30.6. The number of amides is 4. The van der Waals surface area contributed by atoms with Crippen molar-refractivity contribution >= 4 is 56.5 Å². The number of hydrogen-bond donors (Lipinski definition) is 4. The molecule has 6 rings (SSSR count). The van der Waals surface area contributed by atoms with Crippen LogP contribution in [-0.4, -0.2) is 96.4 Å². The van der Waals surface area contributed by atoms with Crippen molar-refractivity contribution in [2.45, 2.75) is 0 Å². The molecule has 0 atom stereocenters. The fourth-order valence-electron chi connectivity index (χ4n) is 5.38. The third-order valence-electron chi connectivity index (χ3n) is 7.44. The van der Waals surface area contributed by atoms with Gasteiger partial charge in [-0.2, -0.15) is 0 Å². The van der Waals surface area contributed by atoms with Crippen LogP contribution in [0.1, 0.15) is 41.4 Å². The molecule has 0 saturated heterocycles. The number of hydrogen-bond acceptors (Lipinski definition) is 10. The van der Waals surface area contributed by atoms with Crippen LogP contribution < -0.4 is 11.5 Å². The zero-order chi connectivity index (χ0) is 31.4. The molecule has 0 fully saturated rings. The van der Waals surface area contributed by atoms with Crippen LogP contribution in [-0.2, 0) is 9.47 Å². The van der Waals surface area contributed by atoms with Gasteiger partial charge in [-0.05, 0) is 36.4 Å². The molecule has 0 radical (unpaired) electrons. The van der Waals surface area contributed by atoms with Crippen LogP contribution in [0.2, 0.25) is 0 Å². The summed E-state index contributed by atoms with van der Waals surface area (Å²) in [6, 6.07) is 17.5. The summed E-state index contributed by atoms with van der Waals surface area (Å²) in [6.07, 6.45) is 0. The summed E-state index contributed by atoms with van der Waals surface area (Å²) < 4.78 is 10.4. The van der Waals surface area contributed by atoms with Crippen molar-refractivity contribution in [3.05, 3.63) is 82.9 Å². The number of carbonyl (C=O) groups excluding carboxylic acids is 4. The number of rotatable bonds is 10. The molecule has 228 valence electrons. The summed E-state index contributed by atoms with van der Waals surface area (Å²) in [5.41, 5.74) is 14.0. The Morgan fingerprint density at radius 3 is 1.18 bits per heavy atom. The average molecular weight is 601 g/mol. The molecule has 0 saturated carbocycles. The Morgan fingerprint density at radius 1 is 0.523 bits per heavy atom. The molecule has 4 aromatic rings. The Kier molecular flexibility index (Phi) is 9.16. The summed E-state index contributed by atoms with van der Waals surface area (Å²) in [4.78, 5) is 54.2. The molecular formula is C32H32N4O8. The van der Waals surface area contributed by atoms with Gasteiger partial charge in [-0.15, -0.1) is 0 Å². The van der Waals surface area contributed by atoms with Gasteiger partial charge in [0.25, 0.3) is 23.6 Å². The number of anilines is 2. The SMILES string of the molecule is Nc1cccc2c(N)cccc12.O=C1c2ccc3c4c(ccc(c24)C(=O)N1CCOCCO)C(=O)N(CCOCCO)C3=O. The first-order valence-electron chi connectivity index (χ1n) is 14.0. The number of nitrogens with zero attached hydrogens (tertiary/aromatic N) is 2. The van der Waals surface area contributed by atoms with Crippen LogP contribution in [0.25, 0.3) is 21.5 Å². The van der Waals surface area contributed by atoms with Crippen LogP contribution in [0.4, 0.5) is 11.4 Å². The van der Waals surface area contributed by atoms with E-state index in [0.29, 0.717) is 10.8 Å². The van der Waals surface area contributed by atoms with E-state index in [2.05, 4.69) is 0 Å². The van der Waals surface area contributed by atoms with Crippen LogP contribution in [0.5, 0.6) is 0 Å². The maximum absolute atomic E-state index is 13.0. The van der Waals surface area contributed by atoms with Crippen molar-refractivity contribution < 1.29 is 38.9 Å². The van der Waals surface area contributed by atoms with Gasteiger partial charge in [0.15, 0.2) is 0 Å². The van der Waals surface area contributed by atoms with Crippen LogP contribution in [0, 0.1) is 0 Å². The van der Waals surface area contributed by atoms with Crippen molar-refractivity contribution in [2.75, 3.05) is 64.2 Å². The van der Waals surface area contributed by atoms with Gasteiger partial charge < -0.3 is 31.2 Å². The van der Waals surface area contributed by atoms with Gasteiger partial charge in [0.05, 0.1) is 52.7 Å². The minimum Gasteiger partial charge on any atom is -0.398 e. The highest BCUT2D eigenvalue weighted by Gasteiger charge is 2.39. The molecule has 4 aromatic carbocycles. The van der Waals surface area contributed by atoms with E-state index in [1.165, 1.54) is 24.3 Å². The number of nitrogens with two attached hydrogens (primary N) is 2. The number of nitrogen functional groups attached to an aromatic ring is 2. The number of benzene rings is 4. The number of aliphatic hydroxyl groups is 2. The first-order chi connectivity index (χ1) is 21.3. The molecule has 12 heteroatoms. The topological polar surface area (TPSA) is 186 Å².